The Bertz CT molecular complexity index is 990. The summed E-state index contributed by atoms with van der Waals surface area (Å²) >= 11 is 0. The van der Waals surface area contributed by atoms with E-state index in [1.165, 1.54) is 37.7 Å². The highest BCUT2D eigenvalue weighted by molar-refractivity contribution is 5.82. The first-order chi connectivity index (χ1) is 14.1. The number of imidazole rings is 1. The first kappa shape index (κ1) is 19.4. The van der Waals surface area contributed by atoms with Crippen molar-refractivity contribution < 1.29 is 33.9 Å². The summed E-state index contributed by atoms with van der Waals surface area (Å²) in [5, 5.41) is 32.6. The quantitative estimate of drug-likeness (QED) is 0.406. The van der Waals surface area contributed by atoms with Crippen molar-refractivity contribution in [3.63, 3.8) is 0 Å². The molecule has 1 unspecified atom stereocenters. The van der Waals surface area contributed by atoms with Crippen LogP contribution in [0.2, 0.25) is 0 Å². The minimum Gasteiger partial charge on any atom is -0.490 e. The molecule has 1 saturated heterocycles. The van der Waals surface area contributed by atoms with Gasteiger partial charge in [-0.3, -0.25) is 4.57 Å². The third kappa shape index (κ3) is 3.25. The number of nitrogens with one attached hydrogen (secondary N) is 1. The van der Waals surface area contributed by atoms with Crippen molar-refractivity contribution in [1.82, 2.24) is 19.5 Å². The summed E-state index contributed by atoms with van der Waals surface area (Å²) in [6.45, 7) is -0.170. The number of aliphatic hydroxyl groups excluding tert-OH is 3. The fourth-order valence-electron chi connectivity index (χ4n) is 3.29. The van der Waals surface area contributed by atoms with Gasteiger partial charge in [0, 0.05) is 0 Å². The van der Waals surface area contributed by atoms with Gasteiger partial charge < -0.3 is 39.3 Å². The third-order valence-electron chi connectivity index (χ3n) is 4.78. The molecule has 1 aliphatic heterocycles. The fraction of sp³-hybridized carbons (Fsp3) is 0.471. The molecule has 3 aromatic rings. The van der Waals surface area contributed by atoms with Crippen LogP contribution in [0.1, 0.15) is 12.0 Å². The monoisotopic (exact) mass is 407 g/mol. The summed E-state index contributed by atoms with van der Waals surface area (Å²) in [5.41, 5.74) is 0.823. The van der Waals surface area contributed by atoms with Gasteiger partial charge >= 0.3 is 0 Å². The molecule has 0 aliphatic carbocycles. The minimum absolute atomic E-state index is 0.249. The van der Waals surface area contributed by atoms with E-state index < -0.39 is 31.1 Å². The maximum absolute atomic E-state index is 10.3. The predicted molar refractivity (Wildman–Crippen MR) is 97.5 cm³/mol. The van der Waals surface area contributed by atoms with Crippen molar-refractivity contribution in [2.75, 3.05) is 26.1 Å². The van der Waals surface area contributed by atoms with Crippen LogP contribution >= 0.6 is 0 Å². The molecule has 0 aromatic carbocycles. The summed E-state index contributed by atoms with van der Waals surface area (Å²) in [6.07, 6.45) is -0.0792. The molecule has 0 spiro atoms. The molecule has 1 fully saturated rings. The molecule has 29 heavy (non-hydrogen) atoms. The van der Waals surface area contributed by atoms with E-state index in [4.69, 9.17) is 18.6 Å². The SMILES string of the molecule is COc1coc(CNc2ncnc3c2ncn3C2O[C@H](CO)[C@@H](O)[C@@H]2O)c1OC. The van der Waals surface area contributed by atoms with Crippen molar-refractivity contribution in [1.29, 1.82) is 0 Å². The van der Waals surface area contributed by atoms with Gasteiger partial charge in [-0.25, -0.2) is 15.0 Å². The van der Waals surface area contributed by atoms with Gasteiger partial charge in [0.1, 0.15) is 30.9 Å². The Morgan fingerprint density at radius 1 is 1.17 bits per heavy atom. The van der Waals surface area contributed by atoms with Crippen LogP contribution in [0.25, 0.3) is 11.2 Å². The molecule has 156 valence electrons. The zero-order valence-electron chi connectivity index (χ0n) is 15.7. The number of methoxy groups -OCH3 is 2. The predicted octanol–water partition coefficient (Wildman–Crippen LogP) is -0.340. The van der Waals surface area contributed by atoms with Gasteiger partial charge in [0.25, 0.3) is 0 Å². The molecule has 0 amide bonds. The lowest BCUT2D eigenvalue weighted by Gasteiger charge is -2.16. The first-order valence-corrected chi connectivity index (χ1v) is 8.81. The summed E-state index contributed by atoms with van der Waals surface area (Å²) in [5.74, 6) is 1.89. The number of furan rings is 1. The van der Waals surface area contributed by atoms with Crippen LogP contribution < -0.4 is 14.8 Å². The van der Waals surface area contributed by atoms with Gasteiger partial charge in [-0.1, -0.05) is 0 Å². The van der Waals surface area contributed by atoms with Crippen molar-refractivity contribution >= 4 is 17.0 Å². The van der Waals surface area contributed by atoms with E-state index in [0.717, 1.165) is 0 Å². The lowest BCUT2D eigenvalue weighted by Crippen LogP contribution is -2.33. The van der Waals surface area contributed by atoms with Crippen molar-refractivity contribution in [2.24, 2.45) is 0 Å². The molecule has 1 aliphatic rings. The molecular weight excluding hydrogens is 386 g/mol. The summed E-state index contributed by atoms with van der Waals surface area (Å²) in [4.78, 5) is 12.7. The molecular formula is C17H21N5O7. The Morgan fingerprint density at radius 2 is 2.00 bits per heavy atom. The zero-order chi connectivity index (χ0) is 20.5. The molecule has 0 saturated carbocycles. The maximum atomic E-state index is 10.3. The first-order valence-electron chi connectivity index (χ1n) is 8.81. The van der Waals surface area contributed by atoms with Crippen LogP contribution in [0.3, 0.4) is 0 Å². The Balaban J connectivity index is 1.59. The molecule has 4 heterocycles. The minimum atomic E-state index is -1.24. The molecule has 0 radical (unpaired) electrons. The van der Waals surface area contributed by atoms with E-state index in [-0.39, 0.29) is 6.54 Å². The van der Waals surface area contributed by atoms with Crippen LogP contribution in [-0.4, -0.2) is 74.0 Å². The lowest BCUT2D eigenvalue weighted by molar-refractivity contribution is -0.0511. The average molecular weight is 407 g/mol. The van der Waals surface area contributed by atoms with E-state index in [0.29, 0.717) is 34.2 Å². The zero-order valence-corrected chi connectivity index (χ0v) is 15.7. The Morgan fingerprint density at radius 3 is 2.69 bits per heavy atom. The summed E-state index contributed by atoms with van der Waals surface area (Å²) in [7, 11) is 3.03. The van der Waals surface area contributed by atoms with Crippen LogP contribution in [-0.2, 0) is 11.3 Å². The number of aromatic nitrogens is 4. The number of hydrogen-bond acceptors (Lipinski definition) is 11. The van der Waals surface area contributed by atoms with Crippen molar-refractivity contribution in [3.05, 3.63) is 24.7 Å². The second kappa shape index (κ2) is 7.83. The van der Waals surface area contributed by atoms with E-state index in [2.05, 4.69) is 20.3 Å². The fourth-order valence-corrected chi connectivity index (χ4v) is 3.29. The highest BCUT2D eigenvalue weighted by Gasteiger charge is 2.44. The Labute approximate surface area is 164 Å². The highest BCUT2D eigenvalue weighted by atomic mass is 16.6. The average Bonchev–Trinajstić information content (AvgIpc) is 3.42. The van der Waals surface area contributed by atoms with E-state index in [1.54, 1.807) is 0 Å². The van der Waals surface area contributed by atoms with E-state index in [9.17, 15) is 15.3 Å². The Hall–Kier alpha value is -2.93. The number of aliphatic hydroxyl groups is 3. The topological polar surface area (TPSA) is 157 Å². The van der Waals surface area contributed by atoms with Gasteiger partial charge in [-0.05, 0) is 0 Å². The Kier molecular flexibility index (Phi) is 5.24. The number of nitrogens with zero attached hydrogens (tertiary/aromatic N) is 4. The van der Waals surface area contributed by atoms with Crippen LogP contribution in [0.4, 0.5) is 5.82 Å². The molecule has 4 N–H and O–H groups in total. The summed E-state index contributed by atoms with van der Waals surface area (Å²) in [6, 6.07) is 0. The second-order valence-electron chi connectivity index (χ2n) is 6.39. The van der Waals surface area contributed by atoms with Crippen LogP contribution in [0, 0.1) is 0 Å². The smallest absolute Gasteiger partial charge is 0.204 e. The van der Waals surface area contributed by atoms with Gasteiger partial charge in [0.15, 0.2) is 34.7 Å². The van der Waals surface area contributed by atoms with Crippen LogP contribution in [0.5, 0.6) is 11.5 Å². The molecule has 4 rings (SSSR count). The standard InChI is InChI=1S/C17H21N5O7/c1-26-10-5-28-8(14(10)27-2)3-18-15-11-16(20-6-19-15)22(7-21-11)17-13(25)12(24)9(4-23)29-17/h5-7,9,12-13,17,23-25H,3-4H2,1-2H3,(H,18,19,20)/t9-,12-,13+,17?/m1/s1. The third-order valence-corrected chi connectivity index (χ3v) is 4.78. The molecule has 12 heteroatoms. The van der Waals surface area contributed by atoms with Gasteiger partial charge in [-0.2, -0.15) is 0 Å². The van der Waals surface area contributed by atoms with Crippen molar-refractivity contribution in [3.8, 4) is 11.5 Å². The number of hydrogen-bond donors (Lipinski definition) is 4. The van der Waals surface area contributed by atoms with Gasteiger partial charge in [0.2, 0.25) is 5.75 Å². The lowest BCUT2D eigenvalue weighted by atomic mass is 10.1. The van der Waals surface area contributed by atoms with E-state index >= 15 is 0 Å². The van der Waals surface area contributed by atoms with E-state index in [1.807, 2.05) is 0 Å². The molecule has 0 bridgehead atoms. The maximum Gasteiger partial charge on any atom is 0.204 e. The molecule has 4 atom stereocenters. The largest absolute Gasteiger partial charge is 0.490 e. The number of rotatable bonds is 7. The van der Waals surface area contributed by atoms with Crippen molar-refractivity contribution in [2.45, 2.75) is 31.1 Å². The molecule has 3 aromatic heterocycles. The molecule has 12 nitrogen and oxygen atoms in total. The second-order valence-corrected chi connectivity index (χ2v) is 6.39. The normalized spacial score (nSPS) is 24.2. The number of anilines is 1. The van der Waals surface area contributed by atoms with Gasteiger partial charge in [-0.15, -0.1) is 0 Å². The number of fused-ring (bicyclic) bond motifs is 1. The highest BCUT2D eigenvalue weighted by Crippen LogP contribution is 2.34. The van der Waals surface area contributed by atoms with Gasteiger partial charge in [0.05, 0.1) is 33.7 Å². The number of ether oxygens (including phenoxy) is 3. The summed E-state index contributed by atoms with van der Waals surface area (Å²) < 4.78 is 23.0. The van der Waals surface area contributed by atoms with Crippen LogP contribution in [0.15, 0.2) is 23.3 Å².